The van der Waals surface area contributed by atoms with Gasteiger partial charge in [-0.2, -0.15) is 0 Å². The van der Waals surface area contributed by atoms with Crippen LogP contribution >= 0.6 is 0 Å². The van der Waals surface area contributed by atoms with Gasteiger partial charge in [-0.3, -0.25) is 4.79 Å². The molecule has 0 atom stereocenters. The van der Waals surface area contributed by atoms with Crippen LogP contribution < -0.4 is 16.6 Å². The number of nitrogens with one attached hydrogen (secondary N) is 2. The third-order valence-corrected chi connectivity index (χ3v) is 2.80. The van der Waals surface area contributed by atoms with Gasteiger partial charge in [-0.1, -0.05) is 0 Å². The molecule has 1 aliphatic carbocycles. The lowest BCUT2D eigenvalue weighted by molar-refractivity contribution is 0.410. The molecule has 0 aromatic carbocycles. The van der Waals surface area contributed by atoms with Crippen molar-refractivity contribution in [2.24, 2.45) is 5.73 Å². The highest BCUT2D eigenvalue weighted by Gasteiger charge is 2.18. The van der Waals surface area contributed by atoms with Crippen LogP contribution in [0.15, 0.2) is 17.2 Å². The Morgan fingerprint density at radius 2 is 2.13 bits per heavy atom. The Hall–Kier alpha value is -1.36. The average molecular weight is 208 g/mol. The maximum absolute atomic E-state index is 11.0. The quantitative estimate of drug-likeness (QED) is 0.659. The zero-order valence-electron chi connectivity index (χ0n) is 8.57. The van der Waals surface area contributed by atoms with Gasteiger partial charge in [0.15, 0.2) is 0 Å². The lowest BCUT2D eigenvalue weighted by atomic mass is 9.92. The van der Waals surface area contributed by atoms with Crippen molar-refractivity contribution < 1.29 is 0 Å². The number of aromatic amines is 1. The number of aromatic nitrogens is 2. The molecule has 5 heteroatoms. The highest BCUT2D eigenvalue weighted by molar-refractivity contribution is 5.33. The second-order valence-corrected chi connectivity index (χ2v) is 4.05. The molecule has 0 bridgehead atoms. The van der Waals surface area contributed by atoms with Gasteiger partial charge < -0.3 is 16.0 Å². The maximum atomic E-state index is 11.0. The zero-order valence-corrected chi connectivity index (χ0v) is 8.57. The Morgan fingerprint density at radius 1 is 1.40 bits per heavy atom. The van der Waals surface area contributed by atoms with E-state index in [-0.39, 0.29) is 5.56 Å². The largest absolute Gasteiger partial charge is 0.367 e. The molecule has 0 saturated heterocycles. The number of hydrogen-bond acceptors (Lipinski definition) is 4. The summed E-state index contributed by atoms with van der Waals surface area (Å²) in [5.41, 5.74) is 5.69. The van der Waals surface area contributed by atoms with E-state index in [2.05, 4.69) is 15.3 Å². The van der Waals surface area contributed by atoms with Gasteiger partial charge in [-0.05, 0) is 25.7 Å². The van der Waals surface area contributed by atoms with E-state index in [9.17, 15) is 4.79 Å². The summed E-state index contributed by atoms with van der Waals surface area (Å²) in [7, 11) is 0. The van der Waals surface area contributed by atoms with E-state index in [0.29, 0.717) is 17.9 Å². The van der Waals surface area contributed by atoms with Crippen molar-refractivity contribution in [2.75, 3.05) is 5.32 Å². The number of H-pyrrole nitrogens is 1. The molecule has 1 aromatic rings. The lowest BCUT2D eigenvalue weighted by Gasteiger charge is -2.26. The Morgan fingerprint density at radius 3 is 2.80 bits per heavy atom. The zero-order chi connectivity index (χ0) is 10.7. The Balaban J connectivity index is 1.94. The van der Waals surface area contributed by atoms with Crippen molar-refractivity contribution in [3.05, 3.63) is 22.7 Å². The highest BCUT2D eigenvalue weighted by Crippen LogP contribution is 2.19. The first-order valence-electron chi connectivity index (χ1n) is 5.31. The summed E-state index contributed by atoms with van der Waals surface area (Å²) >= 11 is 0. The fourth-order valence-electron chi connectivity index (χ4n) is 1.92. The normalized spacial score (nSPS) is 26.2. The Kier molecular flexibility index (Phi) is 3.01. The van der Waals surface area contributed by atoms with Gasteiger partial charge in [0.25, 0.3) is 5.56 Å². The van der Waals surface area contributed by atoms with E-state index < -0.39 is 0 Å². The number of rotatable bonds is 2. The molecule has 2 rings (SSSR count). The van der Waals surface area contributed by atoms with Gasteiger partial charge in [-0.25, -0.2) is 4.98 Å². The van der Waals surface area contributed by atoms with E-state index in [1.165, 1.54) is 12.4 Å². The standard InChI is InChI=1S/C10H16N4O/c11-7-1-3-8(4-2-7)14-9-5-10(15)13-6-12-9/h5-8H,1-4,11H2,(H2,12,13,14,15). The molecule has 1 heterocycles. The second kappa shape index (κ2) is 4.44. The SMILES string of the molecule is NC1CCC(Nc2cc(=O)[nH]cn2)CC1. The van der Waals surface area contributed by atoms with Crippen LogP contribution in [0.4, 0.5) is 5.82 Å². The molecular formula is C10H16N4O. The van der Waals surface area contributed by atoms with E-state index >= 15 is 0 Å². The maximum Gasteiger partial charge on any atom is 0.252 e. The minimum atomic E-state index is -0.125. The van der Waals surface area contributed by atoms with E-state index in [0.717, 1.165) is 25.7 Å². The number of anilines is 1. The van der Waals surface area contributed by atoms with Crippen molar-refractivity contribution in [3.8, 4) is 0 Å². The monoisotopic (exact) mass is 208 g/mol. The first-order chi connectivity index (χ1) is 7.24. The average Bonchev–Trinajstić information content (AvgIpc) is 2.22. The highest BCUT2D eigenvalue weighted by atomic mass is 16.1. The van der Waals surface area contributed by atoms with Gasteiger partial charge in [0, 0.05) is 18.2 Å². The summed E-state index contributed by atoms with van der Waals surface area (Å²) in [6, 6.07) is 2.23. The number of nitrogens with zero attached hydrogens (tertiary/aromatic N) is 1. The lowest BCUT2D eigenvalue weighted by Crippen LogP contribution is -2.33. The molecular weight excluding hydrogens is 192 g/mol. The van der Waals surface area contributed by atoms with Crippen molar-refractivity contribution >= 4 is 5.82 Å². The van der Waals surface area contributed by atoms with Crippen molar-refractivity contribution in [1.82, 2.24) is 9.97 Å². The molecule has 0 radical (unpaired) electrons. The Bertz CT molecular complexity index is 368. The van der Waals surface area contributed by atoms with Crippen LogP contribution in [0.3, 0.4) is 0 Å². The molecule has 4 N–H and O–H groups in total. The molecule has 1 aliphatic rings. The third kappa shape index (κ3) is 2.79. The van der Waals surface area contributed by atoms with Crippen LogP contribution in [0.25, 0.3) is 0 Å². The second-order valence-electron chi connectivity index (χ2n) is 4.05. The molecule has 0 spiro atoms. The number of hydrogen-bond donors (Lipinski definition) is 3. The van der Waals surface area contributed by atoms with Crippen LogP contribution in [0.5, 0.6) is 0 Å². The molecule has 82 valence electrons. The predicted molar refractivity (Wildman–Crippen MR) is 58.7 cm³/mol. The smallest absolute Gasteiger partial charge is 0.252 e. The fourth-order valence-corrected chi connectivity index (χ4v) is 1.92. The predicted octanol–water partition coefficient (Wildman–Crippen LogP) is 0.452. The first kappa shape index (κ1) is 10.2. The van der Waals surface area contributed by atoms with Crippen molar-refractivity contribution in [1.29, 1.82) is 0 Å². The number of nitrogens with two attached hydrogens (primary N) is 1. The molecule has 1 aromatic heterocycles. The van der Waals surface area contributed by atoms with Crippen LogP contribution in [0.2, 0.25) is 0 Å². The van der Waals surface area contributed by atoms with E-state index in [1.54, 1.807) is 0 Å². The topological polar surface area (TPSA) is 83.8 Å². The molecule has 0 amide bonds. The fraction of sp³-hybridized carbons (Fsp3) is 0.600. The van der Waals surface area contributed by atoms with Gasteiger partial charge >= 0.3 is 0 Å². The van der Waals surface area contributed by atoms with Crippen LogP contribution in [0, 0.1) is 0 Å². The molecule has 1 fully saturated rings. The molecule has 0 unspecified atom stereocenters. The van der Waals surface area contributed by atoms with Crippen LogP contribution in [-0.4, -0.2) is 22.1 Å². The van der Waals surface area contributed by atoms with Gasteiger partial charge in [0.05, 0.1) is 6.33 Å². The van der Waals surface area contributed by atoms with Crippen LogP contribution in [0.1, 0.15) is 25.7 Å². The molecule has 5 nitrogen and oxygen atoms in total. The molecule has 0 aliphatic heterocycles. The van der Waals surface area contributed by atoms with E-state index in [4.69, 9.17) is 5.73 Å². The molecule has 15 heavy (non-hydrogen) atoms. The minimum absolute atomic E-state index is 0.125. The van der Waals surface area contributed by atoms with Crippen molar-refractivity contribution in [3.63, 3.8) is 0 Å². The van der Waals surface area contributed by atoms with Gasteiger partial charge in [-0.15, -0.1) is 0 Å². The Labute approximate surface area is 88.1 Å². The minimum Gasteiger partial charge on any atom is -0.367 e. The summed E-state index contributed by atoms with van der Waals surface area (Å²) in [5, 5.41) is 3.26. The third-order valence-electron chi connectivity index (χ3n) is 2.80. The summed E-state index contributed by atoms with van der Waals surface area (Å²) in [6.45, 7) is 0. The van der Waals surface area contributed by atoms with Gasteiger partial charge in [0.1, 0.15) is 5.82 Å². The van der Waals surface area contributed by atoms with Crippen LogP contribution in [-0.2, 0) is 0 Å². The summed E-state index contributed by atoms with van der Waals surface area (Å²) in [4.78, 5) is 17.6. The van der Waals surface area contributed by atoms with Gasteiger partial charge in [0.2, 0.25) is 0 Å². The van der Waals surface area contributed by atoms with Crippen molar-refractivity contribution in [2.45, 2.75) is 37.8 Å². The summed E-state index contributed by atoms with van der Waals surface area (Å²) in [6.07, 6.45) is 5.60. The summed E-state index contributed by atoms with van der Waals surface area (Å²) < 4.78 is 0. The first-order valence-corrected chi connectivity index (χ1v) is 5.31. The summed E-state index contributed by atoms with van der Waals surface area (Å²) in [5.74, 6) is 0.652. The van der Waals surface area contributed by atoms with E-state index in [1.807, 2.05) is 0 Å². The molecule has 1 saturated carbocycles.